The van der Waals surface area contributed by atoms with Crippen LogP contribution in [-0.2, 0) is 0 Å². The van der Waals surface area contributed by atoms with Crippen LogP contribution in [0.5, 0.6) is 0 Å². The number of hydrogen-bond acceptors (Lipinski definition) is 1. The maximum absolute atomic E-state index is 3.60. The Morgan fingerprint density at radius 2 is 2.00 bits per heavy atom. The molecule has 0 saturated heterocycles. The average molecular weight is 221 g/mol. The first-order valence-corrected chi connectivity index (χ1v) is 6.99. The van der Waals surface area contributed by atoms with E-state index in [0.717, 1.165) is 18.9 Å². The molecule has 1 aliphatic rings. The molecule has 1 N–H and O–H groups in total. The van der Waals surface area contributed by atoms with Crippen molar-refractivity contribution in [1.82, 2.24) is 5.32 Å². The van der Waals surface area contributed by atoms with Crippen LogP contribution in [-0.4, -0.2) is 12.6 Å². The lowest BCUT2D eigenvalue weighted by atomic mass is 9.96. The highest BCUT2D eigenvalue weighted by molar-refractivity contribution is 4.95. The Balaban J connectivity index is 2.16. The van der Waals surface area contributed by atoms with Gasteiger partial charge >= 0.3 is 0 Å². The summed E-state index contributed by atoms with van der Waals surface area (Å²) in [6, 6.07) is 0.700. The second-order valence-electron chi connectivity index (χ2n) is 4.95. The lowest BCUT2D eigenvalue weighted by molar-refractivity contribution is 0.397. The molecule has 0 heterocycles. The summed E-state index contributed by atoms with van der Waals surface area (Å²) in [5, 5.41) is 3.60. The molecule has 1 rings (SSSR count). The topological polar surface area (TPSA) is 12.0 Å². The van der Waals surface area contributed by atoms with Gasteiger partial charge in [0.1, 0.15) is 0 Å². The van der Waals surface area contributed by atoms with E-state index in [-0.39, 0.29) is 0 Å². The van der Waals surface area contributed by atoms with E-state index in [1.165, 1.54) is 44.9 Å². The summed E-state index contributed by atoms with van der Waals surface area (Å²) in [6.07, 6.45) is 11.0. The minimum atomic E-state index is 0.700. The highest BCUT2D eigenvalue weighted by Crippen LogP contribution is 2.29. The van der Waals surface area contributed by atoms with Gasteiger partial charge in [0.15, 0.2) is 0 Å². The Labute approximate surface area is 101 Å². The van der Waals surface area contributed by atoms with Gasteiger partial charge < -0.3 is 5.32 Å². The fourth-order valence-electron chi connectivity index (χ4n) is 2.74. The quantitative estimate of drug-likeness (QED) is 0.646. The van der Waals surface area contributed by atoms with Crippen molar-refractivity contribution in [3.63, 3.8) is 0 Å². The van der Waals surface area contributed by atoms with E-state index in [4.69, 9.17) is 0 Å². The lowest BCUT2D eigenvalue weighted by Crippen LogP contribution is -2.29. The molecule has 1 aliphatic carbocycles. The van der Waals surface area contributed by atoms with Gasteiger partial charge in [-0.05, 0) is 38.6 Å². The van der Waals surface area contributed by atoms with Crippen LogP contribution in [0.4, 0.5) is 0 Å². The lowest BCUT2D eigenvalue weighted by Gasteiger charge is -2.18. The van der Waals surface area contributed by atoms with E-state index in [2.05, 4.69) is 24.1 Å². The SMILES string of the molecule is CC#CCCC(CCC1CCCC1)NCC. The van der Waals surface area contributed by atoms with Crippen molar-refractivity contribution in [3.8, 4) is 11.8 Å². The van der Waals surface area contributed by atoms with Gasteiger partial charge in [-0.1, -0.05) is 32.6 Å². The van der Waals surface area contributed by atoms with Gasteiger partial charge in [0.2, 0.25) is 0 Å². The predicted octanol–water partition coefficient (Wildman–Crippen LogP) is 3.74. The van der Waals surface area contributed by atoms with Gasteiger partial charge in [0, 0.05) is 12.5 Å². The molecule has 0 amide bonds. The van der Waals surface area contributed by atoms with Gasteiger partial charge in [-0.25, -0.2) is 0 Å². The maximum atomic E-state index is 3.60. The van der Waals surface area contributed by atoms with Gasteiger partial charge in [0.25, 0.3) is 0 Å². The molecule has 1 fully saturated rings. The Morgan fingerprint density at radius 1 is 1.25 bits per heavy atom. The Hall–Kier alpha value is -0.480. The summed E-state index contributed by atoms with van der Waals surface area (Å²) in [7, 11) is 0. The molecule has 1 atom stereocenters. The number of rotatable bonds is 7. The summed E-state index contributed by atoms with van der Waals surface area (Å²) in [5.74, 6) is 7.19. The fraction of sp³-hybridized carbons (Fsp3) is 0.867. The summed E-state index contributed by atoms with van der Waals surface area (Å²) in [5.41, 5.74) is 0. The summed E-state index contributed by atoms with van der Waals surface area (Å²) < 4.78 is 0. The van der Waals surface area contributed by atoms with Crippen LogP contribution in [0.1, 0.15) is 65.2 Å². The standard InChI is InChI=1S/C15H27N/c1-3-5-6-11-15(16-4-2)13-12-14-9-7-8-10-14/h14-16H,4,6-13H2,1-2H3. The predicted molar refractivity (Wildman–Crippen MR) is 71.3 cm³/mol. The molecule has 16 heavy (non-hydrogen) atoms. The normalized spacial score (nSPS) is 18.1. The fourth-order valence-corrected chi connectivity index (χ4v) is 2.74. The van der Waals surface area contributed by atoms with Gasteiger partial charge in [-0.15, -0.1) is 11.8 Å². The van der Waals surface area contributed by atoms with E-state index < -0.39 is 0 Å². The van der Waals surface area contributed by atoms with E-state index in [1.807, 2.05) is 6.92 Å². The highest BCUT2D eigenvalue weighted by atomic mass is 14.9. The molecule has 0 aliphatic heterocycles. The molecule has 0 spiro atoms. The molecule has 0 radical (unpaired) electrons. The largest absolute Gasteiger partial charge is 0.314 e. The van der Waals surface area contributed by atoms with Gasteiger partial charge in [-0.2, -0.15) is 0 Å². The van der Waals surface area contributed by atoms with Crippen LogP contribution in [0.25, 0.3) is 0 Å². The summed E-state index contributed by atoms with van der Waals surface area (Å²) in [6.45, 7) is 5.23. The minimum absolute atomic E-state index is 0.700. The van der Waals surface area contributed by atoms with Crippen molar-refractivity contribution in [2.24, 2.45) is 5.92 Å². The van der Waals surface area contributed by atoms with Gasteiger partial charge in [-0.3, -0.25) is 0 Å². The zero-order valence-corrected chi connectivity index (χ0v) is 11.0. The van der Waals surface area contributed by atoms with Crippen LogP contribution >= 0.6 is 0 Å². The molecule has 1 saturated carbocycles. The van der Waals surface area contributed by atoms with Gasteiger partial charge in [0.05, 0.1) is 0 Å². The maximum Gasteiger partial charge on any atom is 0.0103 e. The molecule has 0 aromatic carbocycles. The van der Waals surface area contributed by atoms with E-state index in [0.29, 0.717) is 6.04 Å². The monoisotopic (exact) mass is 221 g/mol. The molecular weight excluding hydrogens is 194 g/mol. The Kier molecular flexibility index (Phi) is 7.34. The molecule has 0 bridgehead atoms. The van der Waals surface area contributed by atoms with Crippen molar-refractivity contribution in [1.29, 1.82) is 0 Å². The molecule has 1 nitrogen and oxygen atoms in total. The van der Waals surface area contributed by atoms with Crippen molar-refractivity contribution >= 4 is 0 Å². The van der Waals surface area contributed by atoms with E-state index in [1.54, 1.807) is 0 Å². The van der Waals surface area contributed by atoms with E-state index >= 15 is 0 Å². The summed E-state index contributed by atoms with van der Waals surface area (Å²) in [4.78, 5) is 0. The van der Waals surface area contributed by atoms with Crippen molar-refractivity contribution in [3.05, 3.63) is 0 Å². The molecule has 1 heteroatoms. The molecular formula is C15H27N. The third-order valence-corrected chi connectivity index (χ3v) is 3.69. The number of nitrogens with one attached hydrogen (secondary N) is 1. The molecule has 0 aromatic rings. The van der Waals surface area contributed by atoms with Crippen LogP contribution < -0.4 is 5.32 Å². The third kappa shape index (κ3) is 5.56. The average Bonchev–Trinajstić information content (AvgIpc) is 2.79. The second kappa shape index (κ2) is 8.65. The molecule has 92 valence electrons. The zero-order valence-electron chi connectivity index (χ0n) is 11.0. The van der Waals surface area contributed by atoms with Crippen molar-refractivity contribution < 1.29 is 0 Å². The smallest absolute Gasteiger partial charge is 0.0103 e. The summed E-state index contributed by atoms with van der Waals surface area (Å²) >= 11 is 0. The highest BCUT2D eigenvalue weighted by Gasteiger charge is 2.16. The number of hydrogen-bond donors (Lipinski definition) is 1. The van der Waals surface area contributed by atoms with Crippen LogP contribution in [0.3, 0.4) is 0 Å². The Morgan fingerprint density at radius 3 is 2.62 bits per heavy atom. The minimum Gasteiger partial charge on any atom is -0.314 e. The van der Waals surface area contributed by atoms with Crippen molar-refractivity contribution in [2.45, 2.75) is 71.3 Å². The first-order valence-electron chi connectivity index (χ1n) is 6.99. The van der Waals surface area contributed by atoms with Crippen molar-refractivity contribution in [2.75, 3.05) is 6.54 Å². The zero-order chi connectivity index (χ0) is 11.6. The first kappa shape index (κ1) is 13.6. The van der Waals surface area contributed by atoms with Crippen LogP contribution in [0.15, 0.2) is 0 Å². The third-order valence-electron chi connectivity index (χ3n) is 3.69. The molecule has 0 aromatic heterocycles. The second-order valence-corrected chi connectivity index (χ2v) is 4.95. The van der Waals surface area contributed by atoms with Crippen LogP contribution in [0.2, 0.25) is 0 Å². The van der Waals surface area contributed by atoms with Crippen LogP contribution in [0, 0.1) is 17.8 Å². The molecule has 1 unspecified atom stereocenters. The Bertz CT molecular complexity index is 217. The van der Waals surface area contributed by atoms with E-state index in [9.17, 15) is 0 Å². The first-order chi connectivity index (χ1) is 7.86.